The first-order chi connectivity index (χ1) is 9.11. The van der Waals surface area contributed by atoms with Crippen LogP contribution in [-0.4, -0.2) is 25.6 Å². The van der Waals surface area contributed by atoms with Gasteiger partial charge in [-0.1, -0.05) is 6.07 Å². The molecule has 0 saturated carbocycles. The van der Waals surface area contributed by atoms with Gasteiger partial charge < -0.3 is 15.4 Å². The summed E-state index contributed by atoms with van der Waals surface area (Å²) in [6.07, 6.45) is 1.87. The van der Waals surface area contributed by atoms with E-state index < -0.39 is 5.82 Å². The van der Waals surface area contributed by atoms with E-state index in [0.29, 0.717) is 0 Å². The first-order valence-electron chi connectivity index (χ1n) is 6.49. The van der Waals surface area contributed by atoms with Crippen molar-refractivity contribution in [3.05, 3.63) is 29.6 Å². The maximum Gasteiger partial charge on any atom is 0.237 e. The van der Waals surface area contributed by atoms with Gasteiger partial charge >= 0.3 is 0 Å². The predicted octanol–water partition coefficient (Wildman–Crippen LogP) is 1.76. The van der Waals surface area contributed by atoms with Crippen LogP contribution in [0, 0.1) is 5.82 Å². The number of benzene rings is 1. The van der Waals surface area contributed by atoms with Crippen LogP contribution in [0.25, 0.3) is 0 Å². The highest BCUT2D eigenvalue weighted by Gasteiger charge is 2.23. The molecular formula is C14H19FN2O2. The van der Waals surface area contributed by atoms with Gasteiger partial charge in [-0.2, -0.15) is 0 Å². The van der Waals surface area contributed by atoms with Crippen molar-refractivity contribution >= 4 is 5.91 Å². The Balaban J connectivity index is 2.00. The largest absolute Gasteiger partial charge is 0.494 e. The van der Waals surface area contributed by atoms with Gasteiger partial charge in [0.05, 0.1) is 19.2 Å². The fraction of sp³-hybridized carbons (Fsp3) is 0.500. The van der Waals surface area contributed by atoms with Gasteiger partial charge in [0.1, 0.15) is 0 Å². The lowest BCUT2D eigenvalue weighted by Crippen LogP contribution is -2.41. The zero-order valence-corrected chi connectivity index (χ0v) is 11.2. The molecule has 0 aromatic heterocycles. The number of ether oxygens (including phenoxy) is 1. The minimum absolute atomic E-state index is 0.0266. The molecule has 2 N–H and O–H groups in total. The van der Waals surface area contributed by atoms with E-state index >= 15 is 0 Å². The summed E-state index contributed by atoms with van der Waals surface area (Å²) in [5.41, 5.74) is 0.727. The van der Waals surface area contributed by atoms with Crippen molar-refractivity contribution in [1.82, 2.24) is 10.6 Å². The standard InChI is InChI=1S/C14H19FN2O2/c1-9(17-14(18)12-4-3-7-16-12)10-5-6-13(19-2)11(15)8-10/h5-6,8-9,12,16H,3-4,7H2,1-2H3,(H,17,18). The van der Waals surface area contributed by atoms with Crippen LogP contribution in [0.4, 0.5) is 4.39 Å². The Morgan fingerprint density at radius 2 is 2.37 bits per heavy atom. The van der Waals surface area contributed by atoms with E-state index in [0.717, 1.165) is 24.9 Å². The predicted molar refractivity (Wildman–Crippen MR) is 70.5 cm³/mol. The maximum atomic E-state index is 13.6. The normalized spacial score (nSPS) is 20.1. The van der Waals surface area contributed by atoms with E-state index in [1.54, 1.807) is 12.1 Å². The monoisotopic (exact) mass is 266 g/mol. The van der Waals surface area contributed by atoms with Crippen LogP contribution in [0.5, 0.6) is 5.75 Å². The van der Waals surface area contributed by atoms with E-state index in [2.05, 4.69) is 10.6 Å². The fourth-order valence-electron chi connectivity index (χ4n) is 2.26. The summed E-state index contributed by atoms with van der Waals surface area (Å²) in [5, 5.41) is 6.03. The molecule has 1 aromatic carbocycles. The fourth-order valence-corrected chi connectivity index (χ4v) is 2.26. The molecule has 2 atom stereocenters. The van der Waals surface area contributed by atoms with Crippen LogP contribution in [0.2, 0.25) is 0 Å². The molecule has 1 aliphatic heterocycles. The third kappa shape index (κ3) is 3.23. The highest BCUT2D eigenvalue weighted by Crippen LogP contribution is 2.22. The van der Waals surface area contributed by atoms with Gasteiger partial charge in [0, 0.05) is 0 Å². The lowest BCUT2D eigenvalue weighted by molar-refractivity contribution is -0.123. The number of hydrogen-bond acceptors (Lipinski definition) is 3. The molecule has 1 fully saturated rings. The van der Waals surface area contributed by atoms with Gasteiger partial charge in [0.15, 0.2) is 11.6 Å². The molecule has 4 nitrogen and oxygen atoms in total. The summed E-state index contributed by atoms with van der Waals surface area (Å²) in [4.78, 5) is 11.9. The van der Waals surface area contributed by atoms with Crippen molar-refractivity contribution in [2.45, 2.75) is 31.8 Å². The Morgan fingerprint density at radius 1 is 1.58 bits per heavy atom. The Bertz CT molecular complexity index is 459. The Kier molecular flexibility index (Phi) is 4.37. The summed E-state index contributed by atoms with van der Waals surface area (Å²) in [5.74, 6) is -0.235. The molecule has 104 valence electrons. The zero-order chi connectivity index (χ0) is 13.8. The van der Waals surface area contributed by atoms with Crippen LogP contribution in [0.3, 0.4) is 0 Å². The van der Waals surface area contributed by atoms with Crippen LogP contribution < -0.4 is 15.4 Å². The SMILES string of the molecule is COc1ccc(C(C)NC(=O)C2CCCN2)cc1F. The average molecular weight is 266 g/mol. The van der Waals surface area contributed by atoms with Gasteiger partial charge in [-0.25, -0.2) is 4.39 Å². The number of amides is 1. The van der Waals surface area contributed by atoms with Gasteiger partial charge in [-0.3, -0.25) is 4.79 Å². The number of carbonyl (C=O) groups excluding carboxylic acids is 1. The number of methoxy groups -OCH3 is 1. The molecule has 0 spiro atoms. The molecule has 19 heavy (non-hydrogen) atoms. The number of nitrogens with one attached hydrogen (secondary N) is 2. The number of rotatable bonds is 4. The van der Waals surface area contributed by atoms with Crippen molar-refractivity contribution in [2.75, 3.05) is 13.7 Å². The molecule has 5 heteroatoms. The van der Waals surface area contributed by atoms with Crippen molar-refractivity contribution < 1.29 is 13.9 Å². The van der Waals surface area contributed by atoms with E-state index in [9.17, 15) is 9.18 Å². The van der Waals surface area contributed by atoms with Crippen LogP contribution in [0.1, 0.15) is 31.4 Å². The summed E-state index contributed by atoms with van der Waals surface area (Å²) in [6.45, 7) is 2.72. The number of hydrogen-bond donors (Lipinski definition) is 2. The maximum absolute atomic E-state index is 13.6. The second kappa shape index (κ2) is 6.02. The highest BCUT2D eigenvalue weighted by molar-refractivity contribution is 5.82. The molecule has 1 aliphatic rings. The lowest BCUT2D eigenvalue weighted by atomic mass is 10.1. The Morgan fingerprint density at radius 3 is 2.95 bits per heavy atom. The molecule has 2 rings (SSSR count). The first kappa shape index (κ1) is 13.8. The van der Waals surface area contributed by atoms with Crippen molar-refractivity contribution in [3.63, 3.8) is 0 Å². The minimum Gasteiger partial charge on any atom is -0.494 e. The van der Waals surface area contributed by atoms with Crippen LogP contribution >= 0.6 is 0 Å². The molecule has 0 aliphatic carbocycles. The van der Waals surface area contributed by atoms with Gasteiger partial charge in [-0.05, 0) is 44.0 Å². The smallest absolute Gasteiger partial charge is 0.237 e. The van der Waals surface area contributed by atoms with Crippen molar-refractivity contribution in [3.8, 4) is 5.75 Å². The Labute approximate surface area is 112 Å². The molecular weight excluding hydrogens is 247 g/mol. The first-order valence-corrected chi connectivity index (χ1v) is 6.49. The van der Waals surface area contributed by atoms with Crippen molar-refractivity contribution in [2.24, 2.45) is 0 Å². The molecule has 0 radical (unpaired) electrons. The topological polar surface area (TPSA) is 50.4 Å². The van der Waals surface area contributed by atoms with Gasteiger partial charge in [-0.15, -0.1) is 0 Å². The third-order valence-corrected chi connectivity index (χ3v) is 3.41. The van der Waals surface area contributed by atoms with E-state index in [-0.39, 0.29) is 23.7 Å². The van der Waals surface area contributed by atoms with Crippen LogP contribution in [-0.2, 0) is 4.79 Å². The molecule has 1 aromatic rings. The number of halogens is 1. The molecule has 1 amide bonds. The lowest BCUT2D eigenvalue weighted by Gasteiger charge is -2.18. The molecule has 1 heterocycles. The minimum atomic E-state index is -0.417. The van der Waals surface area contributed by atoms with Crippen molar-refractivity contribution in [1.29, 1.82) is 0 Å². The zero-order valence-electron chi connectivity index (χ0n) is 11.2. The molecule has 1 saturated heterocycles. The molecule has 2 unspecified atom stereocenters. The van der Waals surface area contributed by atoms with E-state index in [4.69, 9.17) is 4.74 Å². The second-order valence-electron chi connectivity index (χ2n) is 4.77. The second-order valence-corrected chi connectivity index (χ2v) is 4.77. The quantitative estimate of drug-likeness (QED) is 0.873. The van der Waals surface area contributed by atoms with Gasteiger partial charge in [0.25, 0.3) is 0 Å². The summed E-state index contributed by atoms with van der Waals surface area (Å²) < 4.78 is 18.5. The summed E-state index contributed by atoms with van der Waals surface area (Å²) in [6, 6.07) is 4.38. The average Bonchev–Trinajstić information content (AvgIpc) is 2.92. The number of carbonyl (C=O) groups is 1. The molecule has 0 bridgehead atoms. The Hall–Kier alpha value is -1.62. The summed E-state index contributed by atoms with van der Waals surface area (Å²) in [7, 11) is 1.43. The van der Waals surface area contributed by atoms with Gasteiger partial charge in [0.2, 0.25) is 5.91 Å². The van der Waals surface area contributed by atoms with Crippen LogP contribution in [0.15, 0.2) is 18.2 Å². The van der Waals surface area contributed by atoms with E-state index in [1.807, 2.05) is 6.92 Å². The highest BCUT2D eigenvalue weighted by atomic mass is 19.1. The third-order valence-electron chi connectivity index (χ3n) is 3.41. The van der Waals surface area contributed by atoms with E-state index in [1.165, 1.54) is 13.2 Å². The summed E-state index contributed by atoms with van der Waals surface area (Å²) >= 11 is 0.